The van der Waals surface area contributed by atoms with Crippen molar-refractivity contribution in [3.8, 4) is 24.1 Å². The van der Waals surface area contributed by atoms with E-state index in [1.807, 2.05) is 0 Å². The minimum absolute atomic E-state index is 0.0233. The number of terminal acetylenes is 1. The molecule has 0 bridgehead atoms. The number of carboxylic acids is 1. The van der Waals surface area contributed by atoms with Gasteiger partial charge in [-0.05, 0) is 57.7 Å². The molecular formula is C32H30ClFN6O9S. The molecule has 0 fully saturated rings. The largest absolute Gasteiger partial charge is 0.478 e. The van der Waals surface area contributed by atoms with Gasteiger partial charge in [0.1, 0.15) is 22.3 Å². The van der Waals surface area contributed by atoms with E-state index in [4.69, 9.17) is 32.6 Å². The molecule has 18 heteroatoms. The van der Waals surface area contributed by atoms with Crippen molar-refractivity contribution < 1.29 is 46.6 Å². The lowest BCUT2D eigenvalue weighted by molar-refractivity contribution is -0.120. The van der Waals surface area contributed by atoms with Crippen molar-refractivity contribution in [2.45, 2.75) is 50.5 Å². The molecule has 2 heterocycles. The van der Waals surface area contributed by atoms with Crippen LogP contribution in [0.25, 0.3) is 0 Å². The Bertz CT molecular complexity index is 2040. The Kier molecular flexibility index (Phi) is 11.4. The topological polar surface area (TPSA) is 198 Å². The van der Waals surface area contributed by atoms with E-state index < -0.39 is 56.2 Å². The third kappa shape index (κ3) is 7.98. The van der Waals surface area contributed by atoms with Crippen LogP contribution in [0.3, 0.4) is 0 Å². The van der Waals surface area contributed by atoms with Crippen LogP contribution in [0.5, 0.6) is 11.8 Å². The molecule has 5 rings (SSSR count). The number of hydrogen-bond donors (Lipinski definition) is 2. The summed E-state index contributed by atoms with van der Waals surface area (Å²) in [7, 11) is -1.87. The Morgan fingerprint density at radius 2 is 1.74 bits per heavy atom. The molecule has 1 aliphatic carbocycles. The molecule has 0 saturated carbocycles. The number of rotatable bonds is 8. The minimum atomic E-state index is -4.44. The molecule has 15 nitrogen and oxygen atoms in total. The number of urea groups is 1. The fraction of sp³-hybridized carbons (Fsp3) is 0.281. The summed E-state index contributed by atoms with van der Waals surface area (Å²) < 4.78 is 51.3. The number of ether oxygens (including phenoxy) is 2. The van der Waals surface area contributed by atoms with Gasteiger partial charge in [0, 0.05) is 24.3 Å². The number of sulfonamides is 1. The number of carboxylic acid groups (broad SMARTS) is 1. The molecule has 0 radical (unpaired) electrons. The highest BCUT2D eigenvalue weighted by Gasteiger charge is 2.41. The number of imide groups is 1. The van der Waals surface area contributed by atoms with Gasteiger partial charge in [0.15, 0.2) is 6.10 Å². The van der Waals surface area contributed by atoms with Crippen LogP contribution in [-0.2, 0) is 19.6 Å². The molecule has 1 atom stereocenters. The predicted octanol–water partition coefficient (Wildman–Crippen LogP) is 4.04. The van der Waals surface area contributed by atoms with Crippen molar-refractivity contribution in [1.82, 2.24) is 19.7 Å². The van der Waals surface area contributed by atoms with Gasteiger partial charge in [-0.3, -0.25) is 14.5 Å². The highest BCUT2D eigenvalue weighted by molar-refractivity contribution is 7.90. The fourth-order valence-electron chi connectivity index (χ4n) is 4.85. The molecule has 3 aromatic rings. The zero-order valence-electron chi connectivity index (χ0n) is 27.1. The van der Waals surface area contributed by atoms with Gasteiger partial charge in [0.25, 0.3) is 21.8 Å². The third-order valence-electron chi connectivity index (χ3n) is 7.30. The number of nitrogens with zero attached hydrogens (tertiary/aromatic N) is 5. The first-order valence-electron chi connectivity index (χ1n) is 14.7. The lowest BCUT2D eigenvalue weighted by Gasteiger charge is -2.19. The first kappa shape index (κ1) is 37.2. The van der Waals surface area contributed by atoms with E-state index in [0.717, 1.165) is 40.8 Å². The van der Waals surface area contributed by atoms with Gasteiger partial charge in [-0.1, -0.05) is 29.7 Å². The number of aromatic carboxylic acids is 1. The smallest absolute Gasteiger partial charge is 0.337 e. The molecule has 0 spiro atoms. The molecular weight excluding hydrogens is 699 g/mol. The lowest BCUT2D eigenvalue weighted by Crippen LogP contribution is -2.42. The maximum Gasteiger partial charge on any atom is 0.337 e. The summed E-state index contributed by atoms with van der Waals surface area (Å²) in [6.07, 6.45) is 7.47. The van der Waals surface area contributed by atoms with Crippen LogP contribution < -0.4 is 24.0 Å². The SMILES string of the molecule is C#CC(C)Oc1cc(N2C(=O)C3=C(CCCC3)C2=O)c(F)cc1Cl.COc1nc(C)nc(N(C)C(=O)NS(=O)(=O)c2ccccc2C(=O)O)n1. The fourth-order valence-corrected chi connectivity index (χ4v) is 6.23. The van der Waals surface area contributed by atoms with E-state index >= 15 is 0 Å². The number of carbonyl (C=O) groups excluding carboxylic acids is 3. The summed E-state index contributed by atoms with van der Waals surface area (Å²) in [5, 5.41) is 9.13. The maximum atomic E-state index is 14.4. The van der Waals surface area contributed by atoms with Crippen LogP contribution in [0, 0.1) is 25.1 Å². The van der Waals surface area contributed by atoms with E-state index in [-0.39, 0.29) is 34.2 Å². The van der Waals surface area contributed by atoms with E-state index in [9.17, 15) is 32.0 Å². The van der Waals surface area contributed by atoms with Crippen molar-refractivity contribution in [2.75, 3.05) is 24.0 Å². The van der Waals surface area contributed by atoms with Crippen molar-refractivity contribution in [3.63, 3.8) is 0 Å². The molecule has 1 aromatic heterocycles. The molecule has 262 valence electrons. The van der Waals surface area contributed by atoms with Crippen LogP contribution in [0.15, 0.2) is 52.4 Å². The van der Waals surface area contributed by atoms with E-state index in [0.29, 0.717) is 24.0 Å². The van der Waals surface area contributed by atoms with Gasteiger partial charge in [-0.25, -0.2) is 32.0 Å². The number of nitrogens with one attached hydrogen (secondary N) is 1. The molecule has 4 amide bonds. The van der Waals surface area contributed by atoms with Crippen molar-refractivity contribution >= 4 is 57.1 Å². The van der Waals surface area contributed by atoms with Gasteiger partial charge in [-0.15, -0.1) is 6.42 Å². The van der Waals surface area contributed by atoms with Crippen LogP contribution in [0.2, 0.25) is 5.02 Å². The average Bonchev–Trinajstić information content (AvgIpc) is 3.34. The number of benzene rings is 2. The number of methoxy groups -OCH3 is 1. The number of carbonyl (C=O) groups is 4. The standard InChI is InChI=1S/C18H15ClFNO3.C14H15N5O6S/c1-3-10(2)24-16-9-15(14(20)8-13(16)19)21-17(22)11-6-4-5-7-12(11)18(21)23;1-8-15-12(17-13(16-8)25-3)19(2)14(22)18-26(23,24)10-7-5-4-6-9(10)11(20)21/h1,8-10H,4-7H2,2H3;4-7H,1-3H3,(H,18,22)(H,20,21). The Labute approximate surface area is 291 Å². The first-order valence-corrected chi connectivity index (χ1v) is 16.6. The Morgan fingerprint density at radius 1 is 1.12 bits per heavy atom. The van der Waals surface area contributed by atoms with Gasteiger partial charge in [0.05, 0.1) is 23.4 Å². The average molecular weight is 729 g/mol. The zero-order chi connectivity index (χ0) is 36.9. The van der Waals surface area contributed by atoms with E-state index in [1.165, 1.54) is 32.4 Å². The summed E-state index contributed by atoms with van der Waals surface area (Å²) in [6.45, 7) is 3.17. The van der Waals surface area contributed by atoms with Crippen LogP contribution in [-0.4, -0.2) is 72.6 Å². The van der Waals surface area contributed by atoms with Crippen LogP contribution in [0.4, 0.5) is 20.8 Å². The quantitative estimate of drug-likeness (QED) is 0.250. The number of anilines is 2. The predicted molar refractivity (Wildman–Crippen MR) is 177 cm³/mol. The summed E-state index contributed by atoms with van der Waals surface area (Å²) in [5.41, 5.74) is 0.344. The highest BCUT2D eigenvalue weighted by atomic mass is 35.5. The first-order chi connectivity index (χ1) is 23.6. The van der Waals surface area contributed by atoms with Crippen molar-refractivity contribution in [3.05, 3.63) is 69.8 Å². The summed E-state index contributed by atoms with van der Waals surface area (Å²) in [4.78, 5) is 61.4. The number of amides is 4. The second-order valence-corrected chi connectivity index (χ2v) is 12.8. The maximum absolute atomic E-state index is 14.4. The van der Waals surface area contributed by atoms with Crippen LogP contribution in [0.1, 0.15) is 48.8 Å². The monoisotopic (exact) mass is 728 g/mol. The normalized spacial score (nSPS) is 14.5. The molecule has 2 N–H and O–H groups in total. The van der Waals surface area contributed by atoms with E-state index in [1.54, 1.807) is 18.6 Å². The number of aryl methyl sites for hydroxylation is 1. The third-order valence-corrected chi connectivity index (χ3v) is 8.98. The van der Waals surface area contributed by atoms with Crippen molar-refractivity contribution in [1.29, 1.82) is 0 Å². The second-order valence-electron chi connectivity index (χ2n) is 10.7. The molecule has 50 heavy (non-hydrogen) atoms. The molecule has 1 unspecified atom stereocenters. The van der Waals surface area contributed by atoms with Gasteiger partial charge < -0.3 is 14.6 Å². The molecule has 2 aromatic carbocycles. The molecule has 1 aliphatic heterocycles. The lowest BCUT2D eigenvalue weighted by atomic mass is 9.93. The van der Waals surface area contributed by atoms with Gasteiger partial charge >= 0.3 is 18.0 Å². The second kappa shape index (κ2) is 15.3. The Hall–Kier alpha value is -5.60. The van der Waals surface area contributed by atoms with Gasteiger partial charge in [0.2, 0.25) is 5.95 Å². The number of halogens is 2. The Balaban J connectivity index is 0.000000225. The van der Waals surface area contributed by atoms with Crippen LogP contribution >= 0.6 is 11.6 Å². The van der Waals surface area contributed by atoms with Crippen molar-refractivity contribution in [2.24, 2.45) is 0 Å². The minimum Gasteiger partial charge on any atom is -0.478 e. The highest BCUT2D eigenvalue weighted by Crippen LogP contribution is 2.39. The summed E-state index contributed by atoms with van der Waals surface area (Å²) in [6, 6.07) is 6.04. The summed E-state index contributed by atoms with van der Waals surface area (Å²) in [5.74, 6) is -0.523. The van der Waals surface area contributed by atoms with E-state index in [2.05, 4.69) is 20.9 Å². The number of aromatic nitrogens is 3. The number of hydrogen-bond acceptors (Lipinski definition) is 11. The molecule has 2 aliphatic rings. The van der Waals surface area contributed by atoms with Gasteiger partial charge in [-0.2, -0.15) is 15.0 Å². The zero-order valence-corrected chi connectivity index (χ0v) is 28.6. The molecule has 0 saturated heterocycles. The Morgan fingerprint density at radius 3 is 2.32 bits per heavy atom. The summed E-state index contributed by atoms with van der Waals surface area (Å²) >= 11 is 5.97.